The minimum Gasteiger partial charge on any atom is -0.406 e. The molecule has 0 saturated carbocycles. The highest BCUT2D eigenvalue weighted by Gasteiger charge is 2.31. The van der Waals surface area contributed by atoms with E-state index in [1.807, 2.05) is 13.8 Å². The van der Waals surface area contributed by atoms with Crippen LogP contribution in [0.3, 0.4) is 0 Å². The van der Waals surface area contributed by atoms with Crippen LogP contribution in [0, 0.1) is 0 Å². The van der Waals surface area contributed by atoms with E-state index >= 15 is 0 Å². The summed E-state index contributed by atoms with van der Waals surface area (Å²) < 4.78 is 42.4. The molecule has 0 aliphatic rings. The molecule has 1 aromatic carbocycles. The third-order valence-electron chi connectivity index (χ3n) is 4.47. The van der Waals surface area contributed by atoms with Gasteiger partial charge in [-0.25, -0.2) is 0 Å². The van der Waals surface area contributed by atoms with Gasteiger partial charge in [-0.15, -0.1) is 28.5 Å². The molecule has 2 heterocycles. The molecule has 3 rings (SSSR count). The summed E-state index contributed by atoms with van der Waals surface area (Å²) in [6.45, 7) is 4.26. The number of rotatable bonds is 11. The van der Waals surface area contributed by atoms with Crippen LogP contribution in [0.4, 0.5) is 13.2 Å². The predicted molar refractivity (Wildman–Crippen MR) is 120 cm³/mol. The lowest BCUT2D eigenvalue weighted by Gasteiger charge is -2.10. The van der Waals surface area contributed by atoms with E-state index in [-0.39, 0.29) is 29.9 Å². The van der Waals surface area contributed by atoms with Crippen LogP contribution in [0.5, 0.6) is 5.75 Å². The number of unbranched alkanes of at least 4 members (excludes halogenated alkanes) is 1. The van der Waals surface area contributed by atoms with E-state index in [1.165, 1.54) is 40.4 Å². The van der Waals surface area contributed by atoms with E-state index in [4.69, 9.17) is 0 Å². The van der Waals surface area contributed by atoms with Gasteiger partial charge in [-0.2, -0.15) is 0 Å². The van der Waals surface area contributed by atoms with Gasteiger partial charge >= 0.3 is 6.36 Å². The number of hydrogen-bond donors (Lipinski definition) is 2. The number of carbonyl (C=O) groups is 2. The minimum absolute atomic E-state index is 0.000219. The van der Waals surface area contributed by atoms with Crippen molar-refractivity contribution in [1.82, 2.24) is 35.8 Å². The molecule has 0 aliphatic carbocycles. The summed E-state index contributed by atoms with van der Waals surface area (Å²) in [5.41, 5.74) is 0.534. The zero-order valence-electron chi connectivity index (χ0n) is 19.0. The molecule has 2 amide bonds. The maximum atomic E-state index is 12.3. The molecule has 10 nitrogen and oxygen atoms in total. The van der Waals surface area contributed by atoms with Gasteiger partial charge in [-0.3, -0.25) is 14.3 Å². The van der Waals surface area contributed by atoms with Crippen molar-refractivity contribution in [2.75, 3.05) is 0 Å². The molecule has 35 heavy (non-hydrogen) atoms. The lowest BCUT2D eigenvalue weighted by Crippen LogP contribution is -2.29. The summed E-state index contributed by atoms with van der Waals surface area (Å²) in [5, 5.41) is 22.2. The number of aromatic nitrogens is 5. The zero-order valence-corrected chi connectivity index (χ0v) is 19.8. The van der Waals surface area contributed by atoms with Crippen molar-refractivity contribution in [2.45, 2.75) is 58.6 Å². The van der Waals surface area contributed by atoms with Gasteiger partial charge in [0, 0.05) is 25.6 Å². The lowest BCUT2D eigenvalue weighted by atomic mass is 10.2. The van der Waals surface area contributed by atoms with E-state index in [0.717, 1.165) is 17.8 Å². The summed E-state index contributed by atoms with van der Waals surface area (Å²) in [4.78, 5) is 24.2. The van der Waals surface area contributed by atoms with Gasteiger partial charge in [0.2, 0.25) is 5.01 Å². The van der Waals surface area contributed by atoms with Crippen LogP contribution in [0.1, 0.15) is 57.6 Å². The highest BCUT2D eigenvalue weighted by molar-refractivity contribution is 7.13. The Labute approximate surface area is 202 Å². The fourth-order valence-electron chi connectivity index (χ4n) is 2.96. The molecule has 0 atom stereocenters. The first-order valence-corrected chi connectivity index (χ1v) is 11.6. The van der Waals surface area contributed by atoms with Gasteiger partial charge in [-0.05, 0) is 44.4 Å². The van der Waals surface area contributed by atoms with E-state index in [2.05, 4.69) is 35.9 Å². The van der Waals surface area contributed by atoms with E-state index in [0.29, 0.717) is 23.5 Å². The van der Waals surface area contributed by atoms with Crippen LogP contribution >= 0.6 is 11.3 Å². The van der Waals surface area contributed by atoms with Gasteiger partial charge in [0.1, 0.15) is 10.8 Å². The van der Waals surface area contributed by atoms with E-state index in [9.17, 15) is 22.8 Å². The standard InChI is InChI=1S/C21H24F3N7O3S/c1-13(2)26-19(33)20-29-28-17(35-20)8-3-4-9-31-12-16(27-30-31)18(32)25-11-14-6-5-7-15(10-14)34-21(22,23)24/h5-7,10,12-13H,3-4,8-9,11H2,1-2H3,(H,25,32)(H,26,33). The molecular weight excluding hydrogens is 487 g/mol. The predicted octanol–water partition coefficient (Wildman–Crippen LogP) is 3.12. The number of carbonyl (C=O) groups excluding carboxylic acids is 2. The molecule has 0 spiro atoms. The van der Waals surface area contributed by atoms with Gasteiger partial charge in [-0.1, -0.05) is 28.7 Å². The molecule has 2 N–H and O–H groups in total. The zero-order chi connectivity index (χ0) is 25.4. The SMILES string of the molecule is CC(C)NC(=O)c1nnc(CCCCn2cc(C(=O)NCc3cccc(OC(F)(F)F)c3)nn2)s1. The first-order valence-electron chi connectivity index (χ1n) is 10.8. The molecule has 0 fully saturated rings. The van der Waals surface area contributed by atoms with Crippen LogP contribution in [-0.2, 0) is 19.5 Å². The van der Waals surface area contributed by atoms with Gasteiger partial charge in [0.25, 0.3) is 11.8 Å². The highest BCUT2D eigenvalue weighted by atomic mass is 32.1. The lowest BCUT2D eigenvalue weighted by molar-refractivity contribution is -0.274. The first kappa shape index (κ1) is 26.1. The summed E-state index contributed by atoms with van der Waals surface area (Å²) in [5.74, 6) is -1.10. The molecule has 0 aliphatic heterocycles. The third kappa shape index (κ3) is 8.63. The Morgan fingerprint density at radius 1 is 1.14 bits per heavy atom. The Balaban J connectivity index is 1.41. The monoisotopic (exact) mass is 511 g/mol. The average molecular weight is 512 g/mol. The highest BCUT2D eigenvalue weighted by Crippen LogP contribution is 2.23. The smallest absolute Gasteiger partial charge is 0.406 e. The molecule has 0 radical (unpaired) electrons. The van der Waals surface area contributed by atoms with Crippen molar-refractivity contribution in [3.8, 4) is 5.75 Å². The number of hydrogen-bond acceptors (Lipinski definition) is 8. The second-order valence-electron chi connectivity index (χ2n) is 7.83. The van der Waals surface area contributed by atoms with Crippen LogP contribution in [0.25, 0.3) is 0 Å². The number of alkyl halides is 3. The van der Waals surface area contributed by atoms with Crippen molar-refractivity contribution >= 4 is 23.2 Å². The number of amides is 2. The number of aryl methyl sites for hydroxylation is 2. The number of benzene rings is 1. The van der Waals surface area contributed by atoms with Gasteiger partial charge in [0.05, 0.1) is 6.20 Å². The normalized spacial score (nSPS) is 11.5. The van der Waals surface area contributed by atoms with Crippen molar-refractivity contribution < 1.29 is 27.5 Å². The minimum atomic E-state index is -4.79. The summed E-state index contributed by atoms with van der Waals surface area (Å²) in [7, 11) is 0. The molecule has 188 valence electrons. The second-order valence-corrected chi connectivity index (χ2v) is 8.89. The number of nitrogens with one attached hydrogen (secondary N) is 2. The Morgan fingerprint density at radius 2 is 1.94 bits per heavy atom. The largest absolute Gasteiger partial charge is 0.573 e. The summed E-state index contributed by atoms with van der Waals surface area (Å²) in [6, 6.07) is 5.37. The van der Waals surface area contributed by atoms with E-state index in [1.54, 1.807) is 6.07 Å². The molecule has 3 aromatic rings. The molecule has 2 aromatic heterocycles. The fraction of sp³-hybridized carbons (Fsp3) is 0.429. The topological polar surface area (TPSA) is 124 Å². The average Bonchev–Trinajstić information content (AvgIpc) is 3.44. The molecular formula is C21H24F3N7O3S. The van der Waals surface area contributed by atoms with Crippen molar-refractivity contribution in [2.24, 2.45) is 0 Å². The maximum Gasteiger partial charge on any atom is 0.573 e. The number of nitrogens with zero attached hydrogens (tertiary/aromatic N) is 5. The van der Waals surface area contributed by atoms with Gasteiger partial charge in [0.15, 0.2) is 5.69 Å². The first-order chi connectivity index (χ1) is 16.6. The molecule has 0 unspecified atom stereocenters. The Morgan fingerprint density at radius 3 is 2.69 bits per heavy atom. The molecule has 0 saturated heterocycles. The maximum absolute atomic E-state index is 12.3. The molecule has 14 heteroatoms. The van der Waals surface area contributed by atoms with Crippen LogP contribution in [0.2, 0.25) is 0 Å². The van der Waals surface area contributed by atoms with Crippen LogP contribution in [-0.4, -0.2) is 49.4 Å². The van der Waals surface area contributed by atoms with Crippen molar-refractivity contribution in [3.05, 3.63) is 51.7 Å². The summed E-state index contributed by atoms with van der Waals surface area (Å²) >= 11 is 1.26. The van der Waals surface area contributed by atoms with E-state index < -0.39 is 12.3 Å². The number of halogens is 3. The second kappa shape index (κ2) is 11.7. The number of ether oxygens (including phenoxy) is 1. The molecule has 0 bridgehead atoms. The third-order valence-corrected chi connectivity index (χ3v) is 5.45. The summed E-state index contributed by atoms with van der Waals surface area (Å²) in [6.07, 6.45) is -1.12. The Kier molecular flexibility index (Phi) is 8.73. The van der Waals surface area contributed by atoms with Crippen LogP contribution < -0.4 is 15.4 Å². The Bertz CT molecular complexity index is 1150. The fourth-order valence-corrected chi connectivity index (χ4v) is 3.74. The quantitative estimate of drug-likeness (QED) is 0.379. The van der Waals surface area contributed by atoms with Crippen molar-refractivity contribution in [1.29, 1.82) is 0 Å². The van der Waals surface area contributed by atoms with Gasteiger partial charge < -0.3 is 15.4 Å². The van der Waals surface area contributed by atoms with Crippen molar-refractivity contribution in [3.63, 3.8) is 0 Å². The van der Waals surface area contributed by atoms with Crippen LogP contribution in [0.15, 0.2) is 30.5 Å². The Hall–Kier alpha value is -3.55.